The Hall–Kier alpha value is -2.13. The standard InChI is InChI=1S/C10H12N4O4S/c1-17-8-3-2-7(11)4-9(8)19(15,16)13-5-10-12-6-18-14-10/h2-4,6,13H,5,11H2,1H3. The van der Waals surface area contributed by atoms with Gasteiger partial charge in [0.25, 0.3) is 0 Å². The molecule has 0 radical (unpaired) electrons. The number of ether oxygens (including phenoxy) is 1. The molecule has 1 aromatic heterocycles. The average molecular weight is 284 g/mol. The Bertz CT molecular complexity index is 654. The summed E-state index contributed by atoms with van der Waals surface area (Å²) in [4.78, 5) is 3.67. The minimum Gasteiger partial charge on any atom is -0.495 e. The van der Waals surface area contributed by atoms with Crippen molar-refractivity contribution in [3.63, 3.8) is 0 Å². The summed E-state index contributed by atoms with van der Waals surface area (Å²) in [7, 11) is -2.40. The summed E-state index contributed by atoms with van der Waals surface area (Å²) < 4.78 is 36.1. The molecule has 102 valence electrons. The third-order valence-corrected chi connectivity index (χ3v) is 3.73. The highest BCUT2D eigenvalue weighted by molar-refractivity contribution is 7.89. The Morgan fingerprint density at radius 1 is 1.47 bits per heavy atom. The van der Waals surface area contributed by atoms with Crippen LogP contribution in [-0.2, 0) is 16.6 Å². The second-order valence-corrected chi connectivity index (χ2v) is 5.32. The van der Waals surface area contributed by atoms with Crippen LogP contribution >= 0.6 is 0 Å². The van der Waals surface area contributed by atoms with Gasteiger partial charge in [0.2, 0.25) is 16.4 Å². The van der Waals surface area contributed by atoms with Gasteiger partial charge in [-0.05, 0) is 18.2 Å². The molecular weight excluding hydrogens is 272 g/mol. The van der Waals surface area contributed by atoms with Gasteiger partial charge in [-0.15, -0.1) is 0 Å². The van der Waals surface area contributed by atoms with Crippen molar-refractivity contribution in [1.29, 1.82) is 0 Å². The molecule has 0 saturated heterocycles. The summed E-state index contributed by atoms with van der Waals surface area (Å²) in [6.07, 6.45) is 1.12. The third-order valence-electron chi connectivity index (χ3n) is 2.30. The smallest absolute Gasteiger partial charge is 0.244 e. The van der Waals surface area contributed by atoms with Gasteiger partial charge in [0.1, 0.15) is 10.6 Å². The minimum absolute atomic E-state index is 0.0431. The lowest BCUT2D eigenvalue weighted by Crippen LogP contribution is -2.24. The van der Waals surface area contributed by atoms with E-state index in [-0.39, 0.29) is 23.0 Å². The lowest BCUT2D eigenvalue weighted by Gasteiger charge is -2.10. The zero-order valence-corrected chi connectivity index (χ0v) is 10.8. The Morgan fingerprint density at radius 3 is 2.89 bits per heavy atom. The lowest BCUT2D eigenvalue weighted by molar-refractivity contribution is 0.402. The maximum atomic E-state index is 12.1. The molecule has 0 aliphatic rings. The van der Waals surface area contributed by atoms with Crippen LogP contribution in [-0.4, -0.2) is 25.7 Å². The molecule has 0 atom stereocenters. The maximum Gasteiger partial charge on any atom is 0.244 e. The number of anilines is 1. The van der Waals surface area contributed by atoms with Crippen LogP contribution in [0, 0.1) is 0 Å². The second-order valence-electron chi connectivity index (χ2n) is 3.58. The molecule has 1 aromatic carbocycles. The number of sulfonamides is 1. The van der Waals surface area contributed by atoms with Crippen molar-refractivity contribution in [3.8, 4) is 5.75 Å². The number of hydrogen-bond donors (Lipinski definition) is 2. The van der Waals surface area contributed by atoms with E-state index in [0.29, 0.717) is 5.69 Å². The number of nitrogens with one attached hydrogen (secondary N) is 1. The third kappa shape index (κ3) is 3.01. The van der Waals surface area contributed by atoms with Crippen LogP contribution in [0.3, 0.4) is 0 Å². The molecule has 0 bridgehead atoms. The zero-order valence-electron chi connectivity index (χ0n) is 10.0. The predicted molar refractivity (Wildman–Crippen MR) is 65.7 cm³/mol. The van der Waals surface area contributed by atoms with Crippen molar-refractivity contribution in [3.05, 3.63) is 30.4 Å². The Morgan fingerprint density at radius 2 is 2.26 bits per heavy atom. The molecule has 8 nitrogen and oxygen atoms in total. The number of nitrogens with zero attached hydrogens (tertiary/aromatic N) is 2. The van der Waals surface area contributed by atoms with Gasteiger partial charge in [0, 0.05) is 5.69 Å². The van der Waals surface area contributed by atoms with Crippen LogP contribution in [0.2, 0.25) is 0 Å². The Labute approximate surface area is 109 Å². The van der Waals surface area contributed by atoms with Gasteiger partial charge in [-0.2, -0.15) is 4.98 Å². The summed E-state index contributed by atoms with van der Waals surface area (Å²) in [5, 5.41) is 3.50. The molecule has 0 aliphatic carbocycles. The van der Waals surface area contributed by atoms with Crippen molar-refractivity contribution in [2.75, 3.05) is 12.8 Å². The molecule has 2 aromatic rings. The normalized spacial score (nSPS) is 11.4. The Balaban J connectivity index is 2.26. The van der Waals surface area contributed by atoms with Crippen molar-refractivity contribution >= 4 is 15.7 Å². The van der Waals surface area contributed by atoms with Gasteiger partial charge in [-0.1, -0.05) is 5.16 Å². The van der Waals surface area contributed by atoms with Crippen LogP contribution < -0.4 is 15.2 Å². The maximum absolute atomic E-state index is 12.1. The van der Waals surface area contributed by atoms with Crippen molar-refractivity contribution < 1.29 is 17.7 Å². The number of nitrogen functional groups attached to an aromatic ring is 1. The molecule has 9 heteroatoms. The van der Waals surface area contributed by atoms with E-state index in [0.717, 1.165) is 6.39 Å². The number of aromatic nitrogens is 2. The first kappa shape index (κ1) is 13.3. The van der Waals surface area contributed by atoms with Crippen LogP contribution in [0.4, 0.5) is 5.69 Å². The molecule has 0 saturated carbocycles. The van der Waals surface area contributed by atoms with Crippen molar-refractivity contribution in [1.82, 2.24) is 14.9 Å². The molecular formula is C10H12N4O4S. The van der Waals surface area contributed by atoms with Crippen molar-refractivity contribution in [2.24, 2.45) is 0 Å². The quantitative estimate of drug-likeness (QED) is 0.749. The fourth-order valence-electron chi connectivity index (χ4n) is 1.41. The van der Waals surface area contributed by atoms with Gasteiger partial charge in [0.15, 0.2) is 5.82 Å². The number of benzene rings is 1. The monoisotopic (exact) mass is 284 g/mol. The van der Waals surface area contributed by atoms with E-state index in [2.05, 4.69) is 19.4 Å². The van der Waals surface area contributed by atoms with E-state index < -0.39 is 10.0 Å². The number of hydrogen-bond acceptors (Lipinski definition) is 7. The molecule has 1 heterocycles. The summed E-state index contributed by atoms with van der Waals surface area (Å²) >= 11 is 0. The van der Waals surface area contributed by atoms with Crippen LogP contribution in [0.1, 0.15) is 5.82 Å². The summed E-state index contributed by atoms with van der Waals surface area (Å²) in [5.41, 5.74) is 5.90. The first-order chi connectivity index (χ1) is 9.03. The molecule has 0 spiro atoms. The number of rotatable bonds is 5. The second kappa shape index (κ2) is 5.24. The van der Waals surface area contributed by atoms with E-state index in [1.54, 1.807) is 6.07 Å². The van der Waals surface area contributed by atoms with E-state index in [1.807, 2.05) is 0 Å². The van der Waals surface area contributed by atoms with Gasteiger partial charge >= 0.3 is 0 Å². The first-order valence-electron chi connectivity index (χ1n) is 5.21. The topological polar surface area (TPSA) is 120 Å². The lowest BCUT2D eigenvalue weighted by atomic mass is 10.3. The molecule has 0 amide bonds. The van der Waals surface area contributed by atoms with E-state index in [1.165, 1.54) is 19.2 Å². The average Bonchev–Trinajstić information content (AvgIpc) is 2.89. The van der Waals surface area contributed by atoms with Crippen LogP contribution in [0.25, 0.3) is 0 Å². The van der Waals surface area contributed by atoms with E-state index in [4.69, 9.17) is 10.5 Å². The Kier molecular flexibility index (Phi) is 3.67. The molecule has 2 rings (SSSR count). The van der Waals surface area contributed by atoms with Gasteiger partial charge in [-0.25, -0.2) is 13.1 Å². The highest BCUT2D eigenvalue weighted by Crippen LogP contribution is 2.25. The van der Waals surface area contributed by atoms with E-state index in [9.17, 15) is 8.42 Å². The highest BCUT2D eigenvalue weighted by atomic mass is 32.2. The number of methoxy groups -OCH3 is 1. The molecule has 0 aliphatic heterocycles. The molecule has 3 N–H and O–H groups in total. The molecule has 0 unspecified atom stereocenters. The summed E-state index contributed by atoms with van der Waals surface area (Å²) in [5.74, 6) is 0.432. The van der Waals surface area contributed by atoms with Crippen LogP contribution in [0.15, 0.2) is 34.0 Å². The fourth-order valence-corrected chi connectivity index (χ4v) is 2.59. The van der Waals surface area contributed by atoms with E-state index >= 15 is 0 Å². The van der Waals surface area contributed by atoms with Crippen LogP contribution in [0.5, 0.6) is 5.75 Å². The largest absolute Gasteiger partial charge is 0.495 e. The first-order valence-corrected chi connectivity index (χ1v) is 6.69. The van der Waals surface area contributed by atoms with Gasteiger partial charge in [0.05, 0.1) is 13.7 Å². The number of nitrogens with two attached hydrogens (primary N) is 1. The summed E-state index contributed by atoms with van der Waals surface area (Å²) in [6, 6.07) is 4.35. The molecule has 19 heavy (non-hydrogen) atoms. The fraction of sp³-hybridized carbons (Fsp3) is 0.200. The van der Waals surface area contributed by atoms with Crippen molar-refractivity contribution in [2.45, 2.75) is 11.4 Å². The molecule has 0 fully saturated rings. The highest BCUT2D eigenvalue weighted by Gasteiger charge is 2.20. The zero-order chi connectivity index (χ0) is 13.9. The predicted octanol–water partition coefficient (Wildman–Crippen LogP) is 0.139. The van der Waals surface area contributed by atoms with Gasteiger partial charge in [-0.3, -0.25) is 0 Å². The SMILES string of the molecule is COc1ccc(N)cc1S(=O)(=O)NCc1ncon1. The minimum atomic E-state index is -3.78. The summed E-state index contributed by atoms with van der Waals surface area (Å²) in [6.45, 7) is -0.0865. The van der Waals surface area contributed by atoms with Gasteiger partial charge < -0.3 is 15.0 Å².